The summed E-state index contributed by atoms with van der Waals surface area (Å²) in [6.07, 6.45) is 1.99. The third-order valence-electron chi connectivity index (χ3n) is 4.80. The molecule has 1 aliphatic heterocycles. The average molecular weight is 306 g/mol. The first kappa shape index (κ1) is 16.7. The molecule has 0 spiro atoms. The Hall–Kier alpha value is -1.62. The Balaban J connectivity index is 2.06. The first-order chi connectivity index (χ1) is 10.4. The van der Waals surface area contributed by atoms with Crippen molar-refractivity contribution < 1.29 is 9.53 Å². The summed E-state index contributed by atoms with van der Waals surface area (Å²) >= 11 is 0. The molecule has 122 valence electrons. The molecular formula is C17H26N2O3. The van der Waals surface area contributed by atoms with E-state index >= 15 is 0 Å². The van der Waals surface area contributed by atoms with Gasteiger partial charge in [0.2, 0.25) is 0 Å². The second-order valence-electron chi connectivity index (χ2n) is 6.34. The van der Waals surface area contributed by atoms with Crippen molar-refractivity contribution in [3.8, 4) is 0 Å². The Labute approximate surface area is 131 Å². The van der Waals surface area contributed by atoms with E-state index in [4.69, 9.17) is 4.74 Å². The zero-order valence-electron chi connectivity index (χ0n) is 14.0. The number of amides is 1. The normalized spacial score (nSPS) is 17.5. The van der Waals surface area contributed by atoms with Gasteiger partial charge >= 0.3 is 0 Å². The molecule has 1 atom stereocenters. The number of aryl methyl sites for hydroxylation is 1. The van der Waals surface area contributed by atoms with Crippen LogP contribution in [0.2, 0.25) is 0 Å². The van der Waals surface area contributed by atoms with Gasteiger partial charge in [-0.15, -0.1) is 0 Å². The van der Waals surface area contributed by atoms with Crippen LogP contribution in [0.15, 0.2) is 16.9 Å². The predicted octanol–water partition coefficient (Wildman–Crippen LogP) is 1.83. The molecular weight excluding hydrogens is 280 g/mol. The predicted molar refractivity (Wildman–Crippen MR) is 86.1 cm³/mol. The quantitative estimate of drug-likeness (QED) is 0.853. The van der Waals surface area contributed by atoms with Crippen LogP contribution in [-0.4, -0.2) is 42.2 Å². The van der Waals surface area contributed by atoms with E-state index in [0.717, 1.165) is 38.2 Å². The molecule has 0 aromatic carbocycles. The summed E-state index contributed by atoms with van der Waals surface area (Å²) in [6.45, 7) is 6.32. The molecule has 22 heavy (non-hydrogen) atoms. The van der Waals surface area contributed by atoms with Crippen molar-refractivity contribution in [3.05, 3.63) is 33.7 Å². The third-order valence-corrected chi connectivity index (χ3v) is 4.80. The number of carbonyl (C=O) groups is 1. The number of likely N-dealkylation sites (tertiary alicyclic amines) is 1. The summed E-state index contributed by atoms with van der Waals surface area (Å²) in [5, 5.41) is 0. The largest absolute Gasteiger partial charge is 0.384 e. The number of methoxy groups -OCH3 is 1. The smallest absolute Gasteiger partial charge is 0.270 e. The van der Waals surface area contributed by atoms with Crippen LogP contribution in [0.3, 0.4) is 0 Å². The molecule has 0 radical (unpaired) electrons. The van der Waals surface area contributed by atoms with E-state index in [1.807, 2.05) is 18.9 Å². The maximum Gasteiger partial charge on any atom is 0.270 e. The molecule has 5 nitrogen and oxygen atoms in total. The van der Waals surface area contributed by atoms with Crippen LogP contribution in [0.25, 0.3) is 0 Å². The minimum absolute atomic E-state index is 0.0406. The lowest BCUT2D eigenvalue weighted by molar-refractivity contribution is 0.0589. The Morgan fingerprint density at radius 2 is 2.00 bits per heavy atom. The van der Waals surface area contributed by atoms with Gasteiger partial charge in [0.1, 0.15) is 5.69 Å². The van der Waals surface area contributed by atoms with E-state index in [2.05, 4.69) is 6.92 Å². The van der Waals surface area contributed by atoms with Crippen LogP contribution >= 0.6 is 0 Å². The summed E-state index contributed by atoms with van der Waals surface area (Å²) < 4.78 is 7.02. The molecule has 0 unspecified atom stereocenters. The molecule has 0 bridgehead atoms. The molecule has 5 heteroatoms. The van der Waals surface area contributed by atoms with Crippen LogP contribution < -0.4 is 5.43 Å². The van der Waals surface area contributed by atoms with E-state index in [0.29, 0.717) is 17.5 Å². The van der Waals surface area contributed by atoms with Crippen molar-refractivity contribution in [2.75, 3.05) is 26.8 Å². The highest BCUT2D eigenvalue weighted by Gasteiger charge is 2.27. The van der Waals surface area contributed by atoms with Gasteiger partial charge in [0, 0.05) is 51.7 Å². The summed E-state index contributed by atoms with van der Waals surface area (Å²) in [4.78, 5) is 26.2. The molecule has 1 fully saturated rings. The van der Waals surface area contributed by atoms with E-state index in [-0.39, 0.29) is 11.3 Å². The fourth-order valence-corrected chi connectivity index (χ4v) is 3.20. The van der Waals surface area contributed by atoms with Crippen LogP contribution in [-0.2, 0) is 11.8 Å². The number of aromatic nitrogens is 1. The number of rotatable bonds is 4. The summed E-state index contributed by atoms with van der Waals surface area (Å²) in [7, 11) is 3.56. The highest BCUT2D eigenvalue weighted by atomic mass is 16.5. The van der Waals surface area contributed by atoms with Gasteiger partial charge in [-0.2, -0.15) is 0 Å². The zero-order valence-corrected chi connectivity index (χ0v) is 14.0. The van der Waals surface area contributed by atoms with Crippen molar-refractivity contribution in [2.45, 2.75) is 26.7 Å². The SMILES string of the molecule is COC[C@H](C)C1CCN(C(=O)c2cc(=O)cc(C)n2C)CC1. The minimum atomic E-state index is -0.109. The second-order valence-corrected chi connectivity index (χ2v) is 6.34. The number of hydrogen-bond acceptors (Lipinski definition) is 3. The Bertz CT molecular complexity index is 586. The van der Waals surface area contributed by atoms with Crippen LogP contribution in [0.1, 0.15) is 35.9 Å². The van der Waals surface area contributed by atoms with E-state index in [1.165, 1.54) is 6.07 Å². The first-order valence-electron chi connectivity index (χ1n) is 7.90. The lowest BCUT2D eigenvalue weighted by atomic mass is 9.86. The minimum Gasteiger partial charge on any atom is -0.384 e. The van der Waals surface area contributed by atoms with Gasteiger partial charge in [-0.25, -0.2) is 0 Å². The average Bonchev–Trinajstić information content (AvgIpc) is 2.50. The molecule has 0 N–H and O–H groups in total. The molecule has 1 aliphatic rings. The molecule has 1 aromatic rings. The van der Waals surface area contributed by atoms with Gasteiger partial charge in [0.25, 0.3) is 5.91 Å². The molecule has 2 heterocycles. The standard InChI is InChI=1S/C17H26N2O3/c1-12(11-22-4)14-5-7-19(8-6-14)17(21)16-10-15(20)9-13(2)18(16)3/h9-10,12,14H,5-8,11H2,1-4H3/t12-/m0/s1. The second kappa shape index (κ2) is 7.09. The van der Waals surface area contributed by atoms with Crippen LogP contribution in [0.5, 0.6) is 0 Å². The van der Waals surface area contributed by atoms with Gasteiger partial charge < -0.3 is 14.2 Å². The lowest BCUT2D eigenvalue weighted by Gasteiger charge is -2.35. The fourth-order valence-electron chi connectivity index (χ4n) is 3.20. The molecule has 1 saturated heterocycles. The van der Waals surface area contributed by atoms with E-state index in [1.54, 1.807) is 17.7 Å². The van der Waals surface area contributed by atoms with Crippen molar-refractivity contribution in [2.24, 2.45) is 18.9 Å². The van der Waals surface area contributed by atoms with Crippen molar-refractivity contribution in [1.29, 1.82) is 0 Å². The van der Waals surface area contributed by atoms with Gasteiger partial charge in [0.15, 0.2) is 5.43 Å². The van der Waals surface area contributed by atoms with Crippen LogP contribution in [0.4, 0.5) is 0 Å². The van der Waals surface area contributed by atoms with Gasteiger partial charge in [0.05, 0.1) is 0 Å². The Kier molecular flexibility index (Phi) is 5.40. The van der Waals surface area contributed by atoms with E-state index < -0.39 is 0 Å². The lowest BCUT2D eigenvalue weighted by Crippen LogP contribution is -2.41. The number of piperidine rings is 1. The molecule has 0 aliphatic carbocycles. The Morgan fingerprint density at radius 3 is 2.59 bits per heavy atom. The summed E-state index contributed by atoms with van der Waals surface area (Å²) in [6, 6.07) is 2.99. The topological polar surface area (TPSA) is 51.5 Å². The van der Waals surface area contributed by atoms with Gasteiger partial charge in [-0.1, -0.05) is 6.92 Å². The number of carbonyl (C=O) groups excluding carboxylic acids is 1. The number of nitrogens with zero attached hydrogens (tertiary/aromatic N) is 2. The first-order valence-corrected chi connectivity index (χ1v) is 7.90. The Morgan fingerprint density at radius 1 is 1.36 bits per heavy atom. The summed E-state index contributed by atoms with van der Waals surface area (Å²) in [5.41, 5.74) is 1.18. The highest BCUT2D eigenvalue weighted by Crippen LogP contribution is 2.25. The zero-order chi connectivity index (χ0) is 16.3. The van der Waals surface area contributed by atoms with E-state index in [9.17, 15) is 9.59 Å². The number of pyridine rings is 1. The third kappa shape index (κ3) is 3.58. The highest BCUT2D eigenvalue weighted by molar-refractivity contribution is 5.92. The molecule has 0 saturated carbocycles. The number of ether oxygens (including phenoxy) is 1. The number of hydrogen-bond donors (Lipinski definition) is 0. The van der Waals surface area contributed by atoms with Crippen molar-refractivity contribution in [3.63, 3.8) is 0 Å². The maximum atomic E-state index is 12.7. The molecule has 2 rings (SSSR count). The van der Waals surface area contributed by atoms with Crippen molar-refractivity contribution in [1.82, 2.24) is 9.47 Å². The maximum absolute atomic E-state index is 12.7. The van der Waals surface area contributed by atoms with Crippen LogP contribution in [0, 0.1) is 18.8 Å². The monoisotopic (exact) mass is 306 g/mol. The van der Waals surface area contributed by atoms with Gasteiger partial charge in [-0.05, 0) is 31.6 Å². The molecule has 1 amide bonds. The van der Waals surface area contributed by atoms with Crippen molar-refractivity contribution >= 4 is 5.91 Å². The molecule has 1 aromatic heterocycles. The summed E-state index contributed by atoms with van der Waals surface area (Å²) in [5.74, 6) is 1.08. The van der Waals surface area contributed by atoms with Gasteiger partial charge in [-0.3, -0.25) is 9.59 Å². The fraction of sp³-hybridized carbons (Fsp3) is 0.647.